The molecular formula is C19H27IN6O. The number of benzene rings is 1. The Morgan fingerprint density at radius 1 is 1.15 bits per heavy atom. The summed E-state index contributed by atoms with van der Waals surface area (Å²) in [5, 5.41) is 10.8. The Kier molecular flexibility index (Phi) is 7.64. The maximum Gasteiger partial charge on any atom is 0.191 e. The van der Waals surface area contributed by atoms with Crippen LogP contribution in [-0.4, -0.2) is 27.7 Å². The fraction of sp³-hybridized carbons (Fsp3) is 0.421. The molecule has 0 unspecified atom stereocenters. The fourth-order valence-electron chi connectivity index (χ4n) is 3.05. The molecule has 0 fully saturated rings. The number of aliphatic imine (C=N–C) groups is 1. The monoisotopic (exact) mass is 482 g/mol. The van der Waals surface area contributed by atoms with Crippen molar-refractivity contribution in [3.63, 3.8) is 0 Å². The van der Waals surface area contributed by atoms with Crippen molar-refractivity contribution in [1.82, 2.24) is 25.3 Å². The van der Waals surface area contributed by atoms with E-state index in [-0.39, 0.29) is 24.0 Å². The second-order valence-corrected chi connectivity index (χ2v) is 6.09. The van der Waals surface area contributed by atoms with Gasteiger partial charge in [0.15, 0.2) is 5.96 Å². The summed E-state index contributed by atoms with van der Waals surface area (Å²) in [6.45, 7) is 5.38. The maximum absolute atomic E-state index is 5.42. The number of hydrogen-bond acceptors (Lipinski definition) is 4. The van der Waals surface area contributed by atoms with E-state index in [2.05, 4.69) is 50.2 Å². The standard InChI is InChI=1S/C19H26N6O.HI/c1-5-14-13(17(6-2)26-24-14)11-21-19(20-3)22-12-18-23-15-9-7-8-10-16(15)25(18)4;/h7-10H,5-6,11-12H2,1-4H3,(H2,20,21,22);1H. The van der Waals surface area contributed by atoms with Crippen LogP contribution in [0.5, 0.6) is 0 Å². The highest BCUT2D eigenvalue weighted by molar-refractivity contribution is 14.0. The second kappa shape index (κ2) is 9.72. The van der Waals surface area contributed by atoms with Crippen molar-refractivity contribution >= 4 is 41.0 Å². The van der Waals surface area contributed by atoms with Crippen LogP contribution in [0.25, 0.3) is 11.0 Å². The molecular weight excluding hydrogens is 455 g/mol. The number of aryl methyl sites for hydroxylation is 3. The Morgan fingerprint density at radius 3 is 2.56 bits per heavy atom. The number of imidazole rings is 1. The average Bonchev–Trinajstić information content (AvgIpc) is 3.22. The zero-order valence-corrected chi connectivity index (χ0v) is 18.6. The van der Waals surface area contributed by atoms with Crippen LogP contribution in [0.3, 0.4) is 0 Å². The molecule has 0 spiro atoms. The minimum atomic E-state index is 0. The SMILES string of the molecule is CCc1noc(CC)c1CNC(=NC)NCc1nc2ccccc2n1C.I. The van der Waals surface area contributed by atoms with Gasteiger partial charge in [-0.3, -0.25) is 4.99 Å². The van der Waals surface area contributed by atoms with Crippen LogP contribution >= 0.6 is 24.0 Å². The highest BCUT2D eigenvalue weighted by atomic mass is 127. The molecule has 3 aromatic rings. The predicted molar refractivity (Wildman–Crippen MR) is 118 cm³/mol. The first-order valence-electron chi connectivity index (χ1n) is 8.99. The van der Waals surface area contributed by atoms with Crippen LogP contribution < -0.4 is 10.6 Å². The van der Waals surface area contributed by atoms with Crippen molar-refractivity contribution < 1.29 is 4.52 Å². The minimum absolute atomic E-state index is 0. The largest absolute Gasteiger partial charge is 0.361 e. The van der Waals surface area contributed by atoms with E-state index in [1.165, 1.54) is 0 Å². The van der Waals surface area contributed by atoms with Crippen LogP contribution in [0, 0.1) is 0 Å². The van der Waals surface area contributed by atoms with Gasteiger partial charge in [-0.2, -0.15) is 0 Å². The number of para-hydroxylation sites is 2. The molecule has 0 bridgehead atoms. The molecule has 0 radical (unpaired) electrons. The summed E-state index contributed by atoms with van der Waals surface area (Å²) in [6, 6.07) is 8.12. The molecule has 2 aromatic heterocycles. The minimum Gasteiger partial charge on any atom is -0.361 e. The number of guanidine groups is 1. The van der Waals surface area contributed by atoms with Gasteiger partial charge in [0.1, 0.15) is 11.6 Å². The lowest BCUT2D eigenvalue weighted by atomic mass is 10.1. The van der Waals surface area contributed by atoms with E-state index in [1.54, 1.807) is 7.05 Å². The molecule has 7 nitrogen and oxygen atoms in total. The summed E-state index contributed by atoms with van der Waals surface area (Å²) in [5.74, 6) is 2.62. The number of fused-ring (bicyclic) bond motifs is 1. The lowest BCUT2D eigenvalue weighted by molar-refractivity contribution is 0.380. The highest BCUT2D eigenvalue weighted by Crippen LogP contribution is 2.16. The molecule has 2 N–H and O–H groups in total. The quantitative estimate of drug-likeness (QED) is 0.321. The van der Waals surface area contributed by atoms with E-state index in [1.807, 2.05) is 25.2 Å². The van der Waals surface area contributed by atoms with E-state index < -0.39 is 0 Å². The normalized spacial score (nSPS) is 11.5. The number of rotatable bonds is 6. The topological polar surface area (TPSA) is 80.3 Å². The summed E-state index contributed by atoms with van der Waals surface area (Å²) in [6.07, 6.45) is 1.68. The number of nitrogens with zero attached hydrogens (tertiary/aromatic N) is 4. The smallest absolute Gasteiger partial charge is 0.191 e. The van der Waals surface area contributed by atoms with E-state index in [9.17, 15) is 0 Å². The molecule has 0 aliphatic rings. The Morgan fingerprint density at radius 2 is 1.89 bits per heavy atom. The Balaban J connectivity index is 0.00000261. The first-order valence-corrected chi connectivity index (χ1v) is 8.99. The van der Waals surface area contributed by atoms with Crippen LogP contribution in [0.2, 0.25) is 0 Å². The van der Waals surface area contributed by atoms with E-state index in [4.69, 9.17) is 4.52 Å². The zero-order chi connectivity index (χ0) is 18.5. The lowest BCUT2D eigenvalue weighted by Gasteiger charge is -2.12. The van der Waals surface area contributed by atoms with Gasteiger partial charge in [0.25, 0.3) is 0 Å². The van der Waals surface area contributed by atoms with E-state index >= 15 is 0 Å². The van der Waals surface area contributed by atoms with E-state index in [0.717, 1.165) is 52.7 Å². The van der Waals surface area contributed by atoms with Gasteiger partial charge in [-0.05, 0) is 18.6 Å². The second-order valence-electron chi connectivity index (χ2n) is 6.09. The zero-order valence-electron chi connectivity index (χ0n) is 16.2. The van der Waals surface area contributed by atoms with Crippen molar-refractivity contribution in [2.24, 2.45) is 12.0 Å². The molecule has 146 valence electrons. The number of halogens is 1. The molecule has 2 heterocycles. The maximum atomic E-state index is 5.42. The van der Waals surface area contributed by atoms with Gasteiger partial charge in [0.2, 0.25) is 0 Å². The third-order valence-corrected chi connectivity index (χ3v) is 4.56. The predicted octanol–water partition coefficient (Wildman–Crippen LogP) is 3.17. The summed E-state index contributed by atoms with van der Waals surface area (Å²) >= 11 is 0. The van der Waals surface area contributed by atoms with Crippen LogP contribution in [0.1, 0.15) is 36.7 Å². The summed E-state index contributed by atoms with van der Waals surface area (Å²) in [5.41, 5.74) is 4.25. The number of nitrogens with one attached hydrogen (secondary N) is 2. The summed E-state index contributed by atoms with van der Waals surface area (Å²) in [4.78, 5) is 8.98. The Bertz CT molecular complexity index is 893. The van der Waals surface area contributed by atoms with Crippen LogP contribution in [0.15, 0.2) is 33.8 Å². The van der Waals surface area contributed by atoms with Crippen molar-refractivity contribution in [2.45, 2.75) is 39.8 Å². The molecule has 0 saturated carbocycles. The Labute approximate surface area is 176 Å². The Hall–Kier alpha value is -2.10. The fourth-order valence-corrected chi connectivity index (χ4v) is 3.05. The van der Waals surface area contributed by atoms with Gasteiger partial charge in [-0.1, -0.05) is 31.1 Å². The third kappa shape index (κ3) is 4.60. The molecule has 1 aromatic carbocycles. The van der Waals surface area contributed by atoms with Gasteiger partial charge in [0.05, 0.1) is 23.3 Å². The summed E-state index contributed by atoms with van der Waals surface area (Å²) in [7, 11) is 3.79. The molecule has 0 amide bonds. The highest BCUT2D eigenvalue weighted by Gasteiger charge is 2.14. The van der Waals surface area contributed by atoms with Gasteiger partial charge in [-0.15, -0.1) is 24.0 Å². The van der Waals surface area contributed by atoms with Crippen molar-refractivity contribution in [3.05, 3.63) is 47.1 Å². The van der Waals surface area contributed by atoms with Crippen LogP contribution in [0.4, 0.5) is 0 Å². The van der Waals surface area contributed by atoms with Crippen molar-refractivity contribution in [1.29, 1.82) is 0 Å². The lowest BCUT2D eigenvalue weighted by Crippen LogP contribution is -2.37. The number of aromatic nitrogens is 3. The van der Waals surface area contributed by atoms with Crippen LogP contribution in [-0.2, 0) is 33.0 Å². The molecule has 3 rings (SSSR count). The van der Waals surface area contributed by atoms with Crippen molar-refractivity contribution in [2.75, 3.05) is 7.05 Å². The molecule has 0 aliphatic carbocycles. The molecule has 0 atom stereocenters. The van der Waals surface area contributed by atoms with Gasteiger partial charge in [-0.25, -0.2) is 4.98 Å². The molecule has 8 heteroatoms. The van der Waals surface area contributed by atoms with Crippen molar-refractivity contribution in [3.8, 4) is 0 Å². The average molecular weight is 482 g/mol. The first kappa shape index (κ1) is 21.2. The first-order chi connectivity index (χ1) is 12.7. The van der Waals surface area contributed by atoms with Gasteiger partial charge in [0, 0.05) is 32.6 Å². The summed E-state index contributed by atoms with van der Waals surface area (Å²) < 4.78 is 7.51. The molecule has 0 aliphatic heterocycles. The number of hydrogen-bond donors (Lipinski definition) is 2. The third-order valence-electron chi connectivity index (χ3n) is 4.56. The van der Waals surface area contributed by atoms with Gasteiger partial charge >= 0.3 is 0 Å². The molecule has 27 heavy (non-hydrogen) atoms. The molecule has 0 saturated heterocycles. The van der Waals surface area contributed by atoms with Gasteiger partial charge < -0.3 is 19.7 Å². The van der Waals surface area contributed by atoms with E-state index in [0.29, 0.717) is 13.1 Å².